The molecule has 4 heteroatoms. The van der Waals surface area contributed by atoms with Gasteiger partial charge in [0.05, 0.1) is 6.61 Å². The summed E-state index contributed by atoms with van der Waals surface area (Å²) in [5.74, 6) is 1.65. The van der Waals surface area contributed by atoms with Gasteiger partial charge in [0.15, 0.2) is 11.5 Å². The number of nitrogens with two attached hydrogens (primary N) is 1. The summed E-state index contributed by atoms with van der Waals surface area (Å²) in [5, 5.41) is 0. The van der Waals surface area contributed by atoms with E-state index in [9.17, 15) is 0 Å². The normalized spacial score (nSPS) is 22.9. The molecular weight excluding hydrogens is 252 g/mol. The molecule has 20 heavy (non-hydrogen) atoms. The van der Waals surface area contributed by atoms with E-state index in [0.29, 0.717) is 13.2 Å². The van der Waals surface area contributed by atoms with Gasteiger partial charge in [-0.05, 0) is 44.0 Å². The Morgan fingerprint density at radius 3 is 2.55 bits per heavy atom. The van der Waals surface area contributed by atoms with Crippen molar-refractivity contribution >= 4 is 0 Å². The number of nitrogens with zero attached hydrogens (tertiary/aromatic N) is 1. The van der Waals surface area contributed by atoms with Gasteiger partial charge in [0.25, 0.3) is 0 Å². The van der Waals surface area contributed by atoms with Crippen molar-refractivity contribution in [2.24, 2.45) is 11.1 Å². The van der Waals surface area contributed by atoms with Crippen molar-refractivity contribution in [3.05, 3.63) is 24.3 Å². The summed E-state index contributed by atoms with van der Waals surface area (Å²) in [6, 6.07) is 7.84. The van der Waals surface area contributed by atoms with Crippen LogP contribution in [0.3, 0.4) is 0 Å². The molecule has 0 saturated carbocycles. The number of para-hydroxylation sites is 2. The van der Waals surface area contributed by atoms with E-state index >= 15 is 0 Å². The molecule has 1 aromatic rings. The quantitative estimate of drug-likeness (QED) is 0.830. The highest BCUT2D eigenvalue weighted by Crippen LogP contribution is 2.29. The van der Waals surface area contributed by atoms with E-state index in [1.807, 2.05) is 31.2 Å². The summed E-state index contributed by atoms with van der Waals surface area (Å²) in [6.45, 7) is 9.47. The second-order valence-corrected chi connectivity index (χ2v) is 5.77. The lowest BCUT2D eigenvalue weighted by molar-refractivity contribution is 0.212. The molecule has 112 valence electrons. The Bertz CT molecular complexity index is 425. The van der Waals surface area contributed by atoms with Crippen molar-refractivity contribution in [1.29, 1.82) is 0 Å². The minimum atomic E-state index is 0.281. The molecule has 0 bridgehead atoms. The van der Waals surface area contributed by atoms with Gasteiger partial charge in [-0.1, -0.05) is 19.1 Å². The highest BCUT2D eigenvalue weighted by Gasteiger charge is 2.31. The smallest absolute Gasteiger partial charge is 0.161 e. The van der Waals surface area contributed by atoms with Crippen LogP contribution in [0.15, 0.2) is 24.3 Å². The highest BCUT2D eigenvalue weighted by molar-refractivity contribution is 5.39. The van der Waals surface area contributed by atoms with Crippen LogP contribution in [-0.4, -0.2) is 44.3 Å². The zero-order valence-electron chi connectivity index (χ0n) is 12.6. The third-order valence-corrected chi connectivity index (χ3v) is 3.94. The first kappa shape index (κ1) is 15.1. The molecular formula is C16H26N2O2. The van der Waals surface area contributed by atoms with Gasteiger partial charge >= 0.3 is 0 Å². The number of benzene rings is 1. The second-order valence-electron chi connectivity index (χ2n) is 5.77. The Kier molecular flexibility index (Phi) is 5.26. The van der Waals surface area contributed by atoms with Crippen molar-refractivity contribution in [3.8, 4) is 11.5 Å². The fourth-order valence-corrected chi connectivity index (χ4v) is 2.61. The van der Waals surface area contributed by atoms with Crippen molar-refractivity contribution in [2.45, 2.75) is 20.3 Å². The standard InChI is InChI=1S/C16H26N2O2/c1-3-19-14-6-4-5-7-15(14)20-11-10-18-9-8-16(2,12-17)13-18/h4-7H,3,8-13,17H2,1-2H3. The summed E-state index contributed by atoms with van der Waals surface area (Å²) in [6.07, 6.45) is 1.18. The number of likely N-dealkylation sites (tertiary alicyclic amines) is 1. The minimum Gasteiger partial charge on any atom is -0.490 e. The van der Waals surface area contributed by atoms with Crippen LogP contribution in [0, 0.1) is 5.41 Å². The van der Waals surface area contributed by atoms with E-state index in [0.717, 1.165) is 37.7 Å². The van der Waals surface area contributed by atoms with E-state index in [-0.39, 0.29) is 5.41 Å². The van der Waals surface area contributed by atoms with E-state index in [1.54, 1.807) is 0 Å². The van der Waals surface area contributed by atoms with Crippen molar-refractivity contribution in [2.75, 3.05) is 39.4 Å². The van der Waals surface area contributed by atoms with Crippen LogP contribution < -0.4 is 15.2 Å². The summed E-state index contributed by atoms with van der Waals surface area (Å²) in [5.41, 5.74) is 6.11. The molecule has 1 unspecified atom stereocenters. The molecule has 1 aliphatic rings. The lowest BCUT2D eigenvalue weighted by atomic mass is 9.90. The van der Waals surface area contributed by atoms with Gasteiger partial charge in [0.2, 0.25) is 0 Å². The first-order valence-electron chi connectivity index (χ1n) is 7.44. The lowest BCUT2D eigenvalue weighted by Gasteiger charge is -2.22. The SMILES string of the molecule is CCOc1ccccc1OCCN1CCC(C)(CN)C1. The predicted molar refractivity (Wildman–Crippen MR) is 81.3 cm³/mol. The van der Waals surface area contributed by atoms with Crippen LogP contribution in [0.1, 0.15) is 20.3 Å². The Labute approximate surface area is 121 Å². The number of hydrogen-bond donors (Lipinski definition) is 1. The third kappa shape index (κ3) is 3.87. The van der Waals surface area contributed by atoms with Gasteiger partial charge in [-0.25, -0.2) is 0 Å². The summed E-state index contributed by atoms with van der Waals surface area (Å²) in [4.78, 5) is 2.43. The molecule has 1 aliphatic heterocycles. The van der Waals surface area contributed by atoms with E-state index in [4.69, 9.17) is 15.2 Å². The molecule has 0 aliphatic carbocycles. The first-order chi connectivity index (χ1) is 9.67. The summed E-state index contributed by atoms with van der Waals surface area (Å²) >= 11 is 0. The molecule has 2 rings (SSSR count). The van der Waals surface area contributed by atoms with Crippen LogP contribution in [0.25, 0.3) is 0 Å². The summed E-state index contributed by atoms with van der Waals surface area (Å²) in [7, 11) is 0. The van der Waals surface area contributed by atoms with Crippen LogP contribution >= 0.6 is 0 Å². The Hall–Kier alpha value is -1.26. The van der Waals surface area contributed by atoms with Gasteiger partial charge < -0.3 is 15.2 Å². The second kappa shape index (κ2) is 6.95. The Morgan fingerprint density at radius 1 is 1.25 bits per heavy atom. The van der Waals surface area contributed by atoms with Crippen molar-refractivity contribution in [3.63, 3.8) is 0 Å². The molecule has 1 aromatic carbocycles. The molecule has 0 amide bonds. The van der Waals surface area contributed by atoms with Crippen LogP contribution in [0.5, 0.6) is 11.5 Å². The fraction of sp³-hybridized carbons (Fsp3) is 0.625. The molecule has 1 heterocycles. The maximum atomic E-state index is 5.86. The zero-order chi connectivity index (χ0) is 14.4. The number of ether oxygens (including phenoxy) is 2. The van der Waals surface area contributed by atoms with Crippen molar-refractivity contribution in [1.82, 2.24) is 4.90 Å². The van der Waals surface area contributed by atoms with Crippen LogP contribution in [-0.2, 0) is 0 Å². The Balaban J connectivity index is 1.79. The maximum absolute atomic E-state index is 5.86. The van der Waals surface area contributed by atoms with E-state index in [1.165, 1.54) is 6.42 Å². The van der Waals surface area contributed by atoms with Gasteiger partial charge in [-0.15, -0.1) is 0 Å². The van der Waals surface area contributed by atoms with Crippen LogP contribution in [0.4, 0.5) is 0 Å². The molecule has 1 saturated heterocycles. The molecule has 1 atom stereocenters. The van der Waals surface area contributed by atoms with Crippen LogP contribution in [0.2, 0.25) is 0 Å². The van der Waals surface area contributed by atoms with Gasteiger partial charge in [0.1, 0.15) is 6.61 Å². The van der Waals surface area contributed by atoms with E-state index in [2.05, 4.69) is 11.8 Å². The lowest BCUT2D eigenvalue weighted by Crippen LogP contribution is -2.33. The maximum Gasteiger partial charge on any atom is 0.161 e. The monoisotopic (exact) mass is 278 g/mol. The first-order valence-corrected chi connectivity index (χ1v) is 7.44. The number of hydrogen-bond acceptors (Lipinski definition) is 4. The molecule has 0 aromatic heterocycles. The predicted octanol–water partition coefficient (Wildman–Crippen LogP) is 2.13. The molecule has 4 nitrogen and oxygen atoms in total. The average Bonchev–Trinajstić information content (AvgIpc) is 2.84. The van der Waals surface area contributed by atoms with Gasteiger partial charge in [-0.2, -0.15) is 0 Å². The molecule has 1 fully saturated rings. The van der Waals surface area contributed by atoms with E-state index < -0.39 is 0 Å². The average molecular weight is 278 g/mol. The topological polar surface area (TPSA) is 47.7 Å². The van der Waals surface area contributed by atoms with Crippen molar-refractivity contribution < 1.29 is 9.47 Å². The largest absolute Gasteiger partial charge is 0.490 e. The molecule has 2 N–H and O–H groups in total. The summed E-state index contributed by atoms with van der Waals surface area (Å²) < 4.78 is 11.4. The molecule has 0 radical (unpaired) electrons. The third-order valence-electron chi connectivity index (χ3n) is 3.94. The fourth-order valence-electron chi connectivity index (χ4n) is 2.61. The number of rotatable bonds is 7. The van der Waals surface area contributed by atoms with Gasteiger partial charge in [-0.3, -0.25) is 4.90 Å². The van der Waals surface area contributed by atoms with Gasteiger partial charge in [0, 0.05) is 13.1 Å². The highest BCUT2D eigenvalue weighted by atomic mass is 16.5. The Morgan fingerprint density at radius 2 is 1.95 bits per heavy atom. The zero-order valence-corrected chi connectivity index (χ0v) is 12.6. The molecule has 0 spiro atoms. The minimum absolute atomic E-state index is 0.281.